The summed E-state index contributed by atoms with van der Waals surface area (Å²) in [4.78, 5) is 27.6. The molecule has 166 valence electrons. The molecule has 1 N–H and O–H groups in total. The van der Waals surface area contributed by atoms with E-state index < -0.39 is 0 Å². The van der Waals surface area contributed by atoms with Gasteiger partial charge in [0.05, 0.1) is 13.2 Å². The van der Waals surface area contributed by atoms with Gasteiger partial charge in [-0.1, -0.05) is 18.2 Å². The number of anilines is 1. The van der Waals surface area contributed by atoms with Crippen LogP contribution in [-0.4, -0.2) is 56.2 Å². The van der Waals surface area contributed by atoms with Crippen molar-refractivity contribution in [2.24, 2.45) is 0 Å². The van der Waals surface area contributed by atoms with E-state index in [1.54, 1.807) is 11.0 Å². The number of aryl methyl sites for hydroxylation is 1. The zero-order chi connectivity index (χ0) is 21.9. The van der Waals surface area contributed by atoms with Crippen LogP contribution in [0, 0.1) is 0 Å². The van der Waals surface area contributed by atoms with Gasteiger partial charge in [0.15, 0.2) is 11.5 Å². The Bertz CT molecular complexity index is 1150. The number of nitrogens with zero attached hydrogens (tertiary/aromatic N) is 1. The van der Waals surface area contributed by atoms with E-state index in [4.69, 9.17) is 18.6 Å². The predicted octanol–water partition coefficient (Wildman–Crippen LogP) is 3.25. The first-order valence-electron chi connectivity index (χ1n) is 10.8. The SMILES string of the molecule is O=C(CCc1ccc2c(c1)OCCO2)Nc1c(C(=O)N2CCOCC2)oc2ccccc12. The highest BCUT2D eigenvalue weighted by atomic mass is 16.6. The van der Waals surface area contributed by atoms with E-state index in [2.05, 4.69) is 5.32 Å². The molecule has 8 heteroatoms. The highest BCUT2D eigenvalue weighted by Crippen LogP contribution is 2.33. The van der Waals surface area contributed by atoms with Gasteiger partial charge >= 0.3 is 0 Å². The Hall–Kier alpha value is -3.52. The quantitative estimate of drug-likeness (QED) is 0.660. The fourth-order valence-corrected chi connectivity index (χ4v) is 3.93. The van der Waals surface area contributed by atoms with Crippen molar-refractivity contribution in [1.29, 1.82) is 0 Å². The number of carbonyl (C=O) groups is 2. The molecule has 2 amide bonds. The van der Waals surface area contributed by atoms with E-state index in [-0.39, 0.29) is 24.0 Å². The first-order chi connectivity index (χ1) is 15.7. The van der Waals surface area contributed by atoms with Crippen LogP contribution in [-0.2, 0) is 16.0 Å². The second-order valence-corrected chi connectivity index (χ2v) is 7.73. The molecular weight excluding hydrogens is 412 g/mol. The maximum Gasteiger partial charge on any atom is 0.291 e. The second-order valence-electron chi connectivity index (χ2n) is 7.73. The fraction of sp³-hybridized carbons (Fsp3) is 0.333. The van der Waals surface area contributed by atoms with Crippen molar-refractivity contribution in [1.82, 2.24) is 4.90 Å². The van der Waals surface area contributed by atoms with Gasteiger partial charge in [-0.3, -0.25) is 9.59 Å². The Balaban J connectivity index is 1.32. The van der Waals surface area contributed by atoms with Crippen LogP contribution in [0.1, 0.15) is 22.5 Å². The molecule has 2 aliphatic rings. The number of amides is 2. The number of nitrogens with one attached hydrogen (secondary N) is 1. The Morgan fingerprint density at radius 1 is 0.938 bits per heavy atom. The lowest BCUT2D eigenvalue weighted by atomic mass is 10.1. The first kappa shape index (κ1) is 20.4. The Labute approximate surface area is 185 Å². The Morgan fingerprint density at radius 2 is 1.72 bits per heavy atom. The third-order valence-corrected chi connectivity index (χ3v) is 5.60. The van der Waals surface area contributed by atoms with Crippen molar-refractivity contribution < 1.29 is 28.2 Å². The monoisotopic (exact) mass is 436 g/mol. The summed E-state index contributed by atoms with van der Waals surface area (Å²) in [5.41, 5.74) is 1.96. The molecule has 0 atom stereocenters. The van der Waals surface area contributed by atoms with Crippen LogP contribution in [0.5, 0.6) is 11.5 Å². The van der Waals surface area contributed by atoms with Crippen LogP contribution in [0.2, 0.25) is 0 Å². The van der Waals surface area contributed by atoms with Crippen molar-refractivity contribution in [3.63, 3.8) is 0 Å². The van der Waals surface area contributed by atoms with E-state index in [9.17, 15) is 9.59 Å². The summed E-state index contributed by atoms with van der Waals surface area (Å²) < 4.78 is 22.4. The number of morpholine rings is 1. The van der Waals surface area contributed by atoms with Gasteiger partial charge in [0.1, 0.15) is 24.5 Å². The van der Waals surface area contributed by atoms with E-state index >= 15 is 0 Å². The number of ether oxygens (including phenoxy) is 3. The van der Waals surface area contributed by atoms with Gasteiger partial charge in [-0.25, -0.2) is 0 Å². The van der Waals surface area contributed by atoms with E-state index in [1.807, 2.05) is 36.4 Å². The summed E-state index contributed by atoms with van der Waals surface area (Å²) in [6.07, 6.45) is 0.787. The third-order valence-electron chi connectivity index (χ3n) is 5.60. The summed E-state index contributed by atoms with van der Waals surface area (Å²) in [7, 11) is 0. The van der Waals surface area contributed by atoms with Crippen molar-refractivity contribution in [3.05, 3.63) is 53.8 Å². The van der Waals surface area contributed by atoms with Gasteiger partial charge < -0.3 is 28.8 Å². The minimum Gasteiger partial charge on any atom is -0.486 e. The number of rotatable bonds is 5. The van der Waals surface area contributed by atoms with Gasteiger partial charge in [0.25, 0.3) is 5.91 Å². The zero-order valence-electron chi connectivity index (χ0n) is 17.6. The molecule has 0 bridgehead atoms. The Kier molecular flexibility index (Phi) is 5.68. The van der Waals surface area contributed by atoms with Crippen molar-refractivity contribution in [2.75, 3.05) is 44.8 Å². The molecule has 3 heterocycles. The lowest BCUT2D eigenvalue weighted by Crippen LogP contribution is -2.40. The minimum absolute atomic E-state index is 0.153. The molecular formula is C24H24N2O6. The van der Waals surface area contributed by atoms with Crippen LogP contribution in [0.3, 0.4) is 0 Å². The largest absolute Gasteiger partial charge is 0.486 e. The number of carbonyl (C=O) groups excluding carboxylic acids is 2. The van der Waals surface area contributed by atoms with Crippen LogP contribution < -0.4 is 14.8 Å². The normalized spacial score (nSPS) is 15.6. The number of hydrogen-bond donors (Lipinski definition) is 1. The van der Waals surface area contributed by atoms with Crippen LogP contribution in [0.4, 0.5) is 5.69 Å². The van der Waals surface area contributed by atoms with Crippen LogP contribution >= 0.6 is 0 Å². The number of para-hydroxylation sites is 1. The molecule has 0 unspecified atom stereocenters. The molecule has 0 spiro atoms. The maximum atomic E-state index is 13.1. The molecule has 5 rings (SSSR count). The number of furan rings is 1. The molecule has 2 aliphatic heterocycles. The van der Waals surface area contributed by atoms with Gasteiger partial charge in [-0.15, -0.1) is 0 Å². The lowest BCUT2D eigenvalue weighted by molar-refractivity contribution is -0.116. The summed E-state index contributed by atoms with van der Waals surface area (Å²) in [6, 6.07) is 13.0. The summed E-state index contributed by atoms with van der Waals surface area (Å²) in [6.45, 7) is 3.02. The Morgan fingerprint density at radius 3 is 2.56 bits per heavy atom. The molecule has 8 nitrogen and oxygen atoms in total. The van der Waals surface area contributed by atoms with Crippen LogP contribution in [0.25, 0.3) is 11.0 Å². The van der Waals surface area contributed by atoms with Crippen molar-refractivity contribution in [3.8, 4) is 11.5 Å². The topological polar surface area (TPSA) is 90.2 Å². The average molecular weight is 436 g/mol. The number of benzene rings is 2. The fourth-order valence-electron chi connectivity index (χ4n) is 3.93. The average Bonchev–Trinajstić information content (AvgIpc) is 3.21. The van der Waals surface area contributed by atoms with Gasteiger partial charge in [0.2, 0.25) is 11.7 Å². The zero-order valence-corrected chi connectivity index (χ0v) is 17.6. The smallest absolute Gasteiger partial charge is 0.291 e. The molecule has 2 aromatic carbocycles. The van der Waals surface area contributed by atoms with E-state index in [0.717, 1.165) is 11.3 Å². The summed E-state index contributed by atoms with van der Waals surface area (Å²) >= 11 is 0. The second kappa shape index (κ2) is 8.92. The van der Waals surface area contributed by atoms with Gasteiger partial charge in [-0.05, 0) is 36.2 Å². The molecule has 1 saturated heterocycles. The van der Waals surface area contributed by atoms with Gasteiger partial charge in [0, 0.05) is 24.9 Å². The molecule has 1 aromatic heterocycles. The number of fused-ring (bicyclic) bond motifs is 2. The molecule has 0 radical (unpaired) electrons. The predicted molar refractivity (Wildman–Crippen MR) is 117 cm³/mol. The van der Waals surface area contributed by atoms with E-state index in [0.29, 0.717) is 68.3 Å². The first-order valence-corrected chi connectivity index (χ1v) is 10.8. The highest BCUT2D eigenvalue weighted by molar-refractivity contribution is 6.10. The highest BCUT2D eigenvalue weighted by Gasteiger charge is 2.27. The van der Waals surface area contributed by atoms with E-state index in [1.165, 1.54) is 0 Å². The summed E-state index contributed by atoms with van der Waals surface area (Å²) in [5.74, 6) is 1.14. The maximum absolute atomic E-state index is 13.1. The molecule has 1 fully saturated rings. The molecule has 32 heavy (non-hydrogen) atoms. The third kappa shape index (κ3) is 4.13. The molecule has 0 aliphatic carbocycles. The standard InChI is InChI=1S/C24H24N2O6/c27-21(8-6-16-5-7-19-20(15-16)31-14-13-30-19)25-22-17-3-1-2-4-18(17)32-23(22)24(28)26-9-11-29-12-10-26/h1-5,7,15H,6,8-14H2,(H,25,27). The number of hydrogen-bond acceptors (Lipinski definition) is 6. The van der Waals surface area contributed by atoms with Crippen LogP contribution in [0.15, 0.2) is 46.9 Å². The van der Waals surface area contributed by atoms with Gasteiger partial charge in [-0.2, -0.15) is 0 Å². The summed E-state index contributed by atoms with van der Waals surface area (Å²) in [5, 5.41) is 3.62. The van der Waals surface area contributed by atoms with Crippen molar-refractivity contribution >= 4 is 28.5 Å². The molecule has 0 saturated carbocycles. The van der Waals surface area contributed by atoms with Crippen molar-refractivity contribution in [2.45, 2.75) is 12.8 Å². The minimum atomic E-state index is -0.244. The molecule has 3 aromatic rings. The lowest BCUT2D eigenvalue weighted by Gasteiger charge is -2.26.